The van der Waals surface area contributed by atoms with Crippen LogP contribution in [0.3, 0.4) is 0 Å². The van der Waals surface area contributed by atoms with Crippen LogP contribution in [0.2, 0.25) is 5.02 Å². The SMILES string of the molecule is CCOC(=O)C[C@@H](c1cc(CN2C[C@@H](CC)Oc3ncc(Cl)cc3S2(=O)=O)c2sccc2c1)c1ccc2c(nnn2C)c1C. The number of fused-ring (bicyclic) bond motifs is 3. The predicted molar refractivity (Wildman–Crippen MR) is 170 cm³/mol. The lowest BCUT2D eigenvalue weighted by Gasteiger charge is -2.24. The van der Waals surface area contributed by atoms with Crippen LogP contribution in [0.1, 0.15) is 54.9 Å². The van der Waals surface area contributed by atoms with Crippen LogP contribution in [0.15, 0.2) is 52.9 Å². The van der Waals surface area contributed by atoms with Crippen molar-refractivity contribution in [1.29, 1.82) is 0 Å². The van der Waals surface area contributed by atoms with Gasteiger partial charge in [-0.05, 0) is 77.6 Å². The van der Waals surface area contributed by atoms with Crippen molar-refractivity contribution in [2.24, 2.45) is 7.05 Å². The van der Waals surface area contributed by atoms with Crippen molar-refractivity contribution in [3.05, 3.63) is 75.3 Å². The highest BCUT2D eigenvalue weighted by atomic mass is 35.5. The molecule has 0 spiro atoms. The topological polar surface area (TPSA) is 117 Å². The third kappa shape index (κ3) is 5.55. The second kappa shape index (κ2) is 12.1. The third-order valence-corrected chi connectivity index (χ3v) is 11.1. The highest BCUT2D eigenvalue weighted by Crippen LogP contribution is 2.39. The lowest BCUT2D eigenvalue weighted by atomic mass is 9.84. The molecule has 0 bridgehead atoms. The van der Waals surface area contributed by atoms with E-state index in [2.05, 4.69) is 21.4 Å². The van der Waals surface area contributed by atoms with E-state index in [1.54, 1.807) is 22.9 Å². The Labute approximate surface area is 264 Å². The maximum atomic E-state index is 14.0. The first-order valence-corrected chi connectivity index (χ1v) is 17.1. The zero-order valence-electron chi connectivity index (χ0n) is 24.8. The number of rotatable bonds is 8. The van der Waals surface area contributed by atoms with E-state index < -0.39 is 10.0 Å². The lowest BCUT2D eigenvalue weighted by Crippen LogP contribution is -2.36. The van der Waals surface area contributed by atoms with Crippen LogP contribution >= 0.6 is 22.9 Å². The van der Waals surface area contributed by atoms with Gasteiger partial charge in [0.1, 0.15) is 16.5 Å². The summed E-state index contributed by atoms with van der Waals surface area (Å²) in [5, 5.41) is 11.7. The molecule has 13 heteroatoms. The molecule has 0 N–H and O–H groups in total. The van der Waals surface area contributed by atoms with Crippen LogP contribution in [0, 0.1) is 6.92 Å². The van der Waals surface area contributed by atoms with E-state index in [1.807, 2.05) is 50.5 Å². The maximum Gasteiger partial charge on any atom is 0.306 e. The number of esters is 1. The Kier molecular flexibility index (Phi) is 8.35. The molecule has 4 heterocycles. The number of halogens is 1. The van der Waals surface area contributed by atoms with E-state index in [0.29, 0.717) is 6.42 Å². The molecular weight excluding hydrogens is 622 g/mol. The molecule has 0 amide bonds. The van der Waals surface area contributed by atoms with Gasteiger partial charge >= 0.3 is 5.97 Å². The first-order valence-electron chi connectivity index (χ1n) is 14.4. The lowest BCUT2D eigenvalue weighted by molar-refractivity contribution is -0.143. The van der Waals surface area contributed by atoms with Crippen LogP contribution in [-0.2, 0) is 33.1 Å². The molecule has 10 nitrogen and oxygen atoms in total. The molecule has 2 atom stereocenters. The minimum atomic E-state index is -4.00. The molecule has 44 heavy (non-hydrogen) atoms. The number of carbonyl (C=O) groups is 1. The summed E-state index contributed by atoms with van der Waals surface area (Å²) >= 11 is 7.73. The molecule has 0 aliphatic carbocycles. The highest BCUT2D eigenvalue weighted by molar-refractivity contribution is 7.89. The van der Waals surface area contributed by atoms with Crippen LogP contribution < -0.4 is 4.74 Å². The number of sulfonamides is 1. The molecule has 5 aromatic rings. The van der Waals surface area contributed by atoms with Gasteiger partial charge < -0.3 is 9.47 Å². The summed E-state index contributed by atoms with van der Waals surface area (Å²) in [5.74, 6) is -0.620. The monoisotopic (exact) mass is 653 g/mol. The van der Waals surface area contributed by atoms with Gasteiger partial charge in [-0.2, -0.15) is 4.31 Å². The van der Waals surface area contributed by atoms with Crippen molar-refractivity contribution >= 4 is 60.0 Å². The van der Waals surface area contributed by atoms with Gasteiger partial charge in [0.15, 0.2) is 0 Å². The van der Waals surface area contributed by atoms with E-state index in [0.717, 1.165) is 43.4 Å². The fraction of sp³-hybridized carbons (Fsp3) is 0.355. The zero-order chi connectivity index (χ0) is 31.2. The number of thiophene rings is 1. The van der Waals surface area contributed by atoms with E-state index >= 15 is 0 Å². The standard InChI is InChI=1S/C31H32ClN5O5S2/c1-5-23-17-37(44(39,40)27-13-22(32)15-33-31(27)42-23)16-21-12-20(11-19-9-10-43-30(19)21)25(14-28(38)41-6-2)24-7-8-26-29(18(24)3)34-35-36(26)4/h7-13,15,23,25H,5-6,14,16-17H2,1-4H3/t23-,25+/m1/s1. The molecule has 0 fully saturated rings. The molecular formula is C31H32ClN5O5S2. The van der Waals surface area contributed by atoms with E-state index in [1.165, 1.54) is 16.6 Å². The molecule has 1 aliphatic rings. The molecule has 0 saturated carbocycles. The Morgan fingerprint density at radius 1 is 1.23 bits per heavy atom. The smallest absolute Gasteiger partial charge is 0.306 e. The summed E-state index contributed by atoms with van der Waals surface area (Å²) in [5.41, 5.74) is 5.23. The van der Waals surface area contributed by atoms with E-state index in [-0.39, 0.29) is 59.9 Å². The van der Waals surface area contributed by atoms with Gasteiger partial charge in [-0.25, -0.2) is 18.1 Å². The van der Waals surface area contributed by atoms with E-state index in [9.17, 15) is 13.2 Å². The Hall–Kier alpha value is -3.58. The average Bonchev–Trinajstić information content (AvgIpc) is 3.61. The summed E-state index contributed by atoms with van der Waals surface area (Å²) in [6, 6.07) is 11.5. The quantitative estimate of drug-likeness (QED) is 0.188. The number of aryl methyl sites for hydroxylation is 2. The Morgan fingerprint density at radius 3 is 2.82 bits per heavy atom. The fourth-order valence-electron chi connectivity index (χ4n) is 5.81. The number of hydrogen-bond acceptors (Lipinski definition) is 9. The summed E-state index contributed by atoms with van der Waals surface area (Å²) in [7, 11) is -2.16. The van der Waals surface area contributed by atoms with Crippen molar-refractivity contribution in [3.63, 3.8) is 0 Å². The first-order chi connectivity index (χ1) is 21.1. The first kappa shape index (κ1) is 30.4. The zero-order valence-corrected chi connectivity index (χ0v) is 27.2. The molecule has 3 aromatic heterocycles. The van der Waals surface area contributed by atoms with Crippen LogP contribution in [-0.4, -0.2) is 57.9 Å². The Morgan fingerprint density at radius 2 is 2.05 bits per heavy atom. The Balaban J connectivity index is 1.47. The minimum absolute atomic E-state index is 0.0485. The second-order valence-electron chi connectivity index (χ2n) is 10.8. The molecule has 230 valence electrons. The number of pyridine rings is 1. The number of ether oxygens (including phenoxy) is 2. The fourth-order valence-corrected chi connectivity index (χ4v) is 8.47. The second-order valence-corrected chi connectivity index (χ2v) is 14.1. The number of aromatic nitrogens is 4. The van der Waals surface area contributed by atoms with Gasteiger partial charge in [-0.1, -0.05) is 35.9 Å². The highest BCUT2D eigenvalue weighted by Gasteiger charge is 2.36. The van der Waals surface area contributed by atoms with Gasteiger partial charge in [-0.3, -0.25) is 4.79 Å². The normalized spacial score (nSPS) is 17.2. The van der Waals surface area contributed by atoms with Crippen molar-refractivity contribution < 1.29 is 22.7 Å². The van der Waals surface area contributed by atoms with Crippen LogP contribution in [0.25, 0.3) is 21.1 Å². The van der Waals surface area contributed by atoms with E-state index in [4.69, 9.17) is 21.1 Å². The summed E-state index contributed by atoms with van der Waals surface area (Å²) in [6.07, 6.45) is 1.71. The molecule has 1 aliphatic heterocycles. The van der Waals surface area contributed by atoms with Gasteiger partial charge in [0.05, 0.1) is 30.1 Å². The largest absolute Gasteiger partial charge is 0.472 e. The molecule has 0 saturated heterocycles. The van der Waals surface area contributed by atoms with Crippen LogP contribution in [0.4, 0.5) is 0 Å². The number of benzene rings is 2. The van der Waals surface area contributed by atoms with Gasteiger partial charge in [0.2, 0.25) is 15.9 Å². The van der Waals surface area contributed by atoms with Crippen molar-refractivity contribution in [3.8, 4) is 5.88 Å². The van der Waals surface area contributed by atoms with Crippen molar-refractivity contribution in [2.45, 2.75) is 57.1 Å². The molecule has 2 aromatic carbocycles. The van der Waals surface area contributed by atoms with Gasteiger partial charge in [0.25, 0.3) is 0 Å². The number of carbonyl (C=O) groups excluding carboxylic acids is 1. The number of nitrogens with zero attached hydrogens (tertiary/aromatic N) is 5. The maximum absolute atomic E-state index is 14.0. The summed E-state index contributed by atoms with van der Waals surface area (Å²) in [4.78, 5) is 17.1. The van der Waals surface area contributed by atoms with Gasteiger partial charge in [-0.15, -0.1) is 16.4 Å². The van der Waals surface area contributed by atoms with Crippen molar-refractivity contribution in [2.75, 3.05) is 13.2 Å². The van der Waals surface area contributed by atoms with Crippen molar-refractivity contribution in [1.82, 2.24) is 24.3 Å². The third-order valence-electron chi connectivity index (χ3n) is 8.07. The molecule has 0 unspecified atom stereocenters. The summed E-state index contributed by atoms with van der Waals surface area (Å²) in [6.45, 7) is 6.25. The molecule has 0 radical (unpaired) electrons. The molecule has 6 rings (SSSR count). The summed E-state index contributed by atoms with van der Waals surface area (Å²) < 4.78 is 43.6. The van der Waals surface area contributed by atoms with Gasteiger partial charge in [0, 0.05) is 30.4 Å². The predicted octanol–water partition coefficient (Wildman–Crippen LogP) is 5.99. The van der Waals surface area contributed by atoms with Crippen LogP contribution in [0.5, 0.6) is 5.88 Å². The number of hydrogen-bond donors (Lipinski definition) is 0. The Bertz CT molecular complexity index is 1990. The average molecular weight is 654 g/mol. The minimum Gasteiger partial charge on any atom is -0.472 e.